The van der Waals surface area contributed by atoms with Crippen LogP contribution in [0.4, 0.5) is 13.2 Å². The van der Waals surface area contributed by atoms with E-state index >= 15 is 0 Å². The molecule has 1 aromatic carbocycles. The zero-order valence-corrected chi connectivity index (χ0v) is 12.4. The van der Waals surface area contributed by atoms with E-state index in [0.29, 0.717) is 13.2 Å². The topological polar surface area (TPSA) is 29.5 Å². The van der Waals surface area contributed by atoms with E-state index in [1.807, 2.05) is 0 Å². The Kier molecular flexibility index (Phi) is 5.52. The predicted octanol–water partition coefficient (Wildman–Crippen LogP) is 2.70. The number of carbonyl (C=O) groups is 1. The highest BCUT2D eigenvalue weighted by atomic mass is 32.2. The number of hydrogen-bond donors (Lipinski definition) is 0. The average Bonchev–Trinajstić information content (AvgIpc) is 2.98. The number of rotatable bonds is 5. The molecule has 0 N–H and O–H groups in total. The molecule has 1 heterocycles. The summed E-state index contributed by atoms with van der Waals surface area (Å²) in [6.07, 6.45) is 0.826. The lowest BCUT2D eigenvalue weighted by Crippen LogP contribution is -2.42. The first kappa shape index (κ1) is 16.2. The number of benzene rings is 1. The predicted molar refractivity (Wildman–Crippen MR) is 75.0 cm³/mol. The summed E-state index contributed by atoms with van der Waals surface area (Å²) in [5.41, 5.74) is -0.181. The molecule has 1 aromatic rings. The van der Waals surface area contributed by atoms with Gasteiger partial charge in [0.15, 0.2) is 17.5 Å². The number of methoxy groups -OCH3 is 1. The third kappa shape index (κ3) is 3.71. The number of thioether (sulfide) groups is 1. The van der Waals surface area contributed by atoms with Gasteiger partial charge in [0, 0.05) is 31.0 Å². The minimum absolute atomic E-state index is 0.00817. The Balaban J connectivity index is 2.24. The first-order valence-electron chi connectivity index (χ1n) is 6.56. The summed E-state index contributed by atoms with van der Waals surface area (Å²) in [4.78, 5) is 14.0. The molecule has 3 nitrogen and oxygen atoms in total. The minimum atomic E-state index is -1.56. The van der Waals surface area contributed by atoms with Crippen LogP contribution in [-0.4, -0.2) is 48.6 Å². The molecular formula is C14H16F3NO2S. The van der Waals surface area contributed by atoms with Gasteiger partial charge in [-0.15, -0.1) is 0 Å². The number of carbonyl (C=O) groups excluding carboxylic acids is 1. The van der Waals surface area contributed by atoms with Gasteiger partial charge < -0.3 is 9.64 Å². The van der Waals surface area contributed by atoms with Crippen LogP contribution >= 0.6 is 11.8 Å². The quantitative estimate of drug-likeness (QED) is 0.782. The Bertz CT molecular complexity index is 498. The van der Waals surface area contributed by atoms with Crippen molar-refractivity contribution in [1.82, 2.24) is 4.90 Å². The van der Waals surface area contributed by atoms with Crippen molar-refractivity contribution >= 4 is 17.7 Å². The Hall–Kier alpha value is -1.21. The van der Waals surface area contributed by atoms with E-state index in [-0.39, 0.29) is 11.6 Å². The highest BCUT2D eigenvalue weighted by Gasteiger charge is 2.28. The molecule has 1 atom stereocenters. The highest BCUT2D eigenvalue weighted by Crippen LogP contribution is 2.24. The maximum absolute atomic E-state index is 13.3. The molecule has 1 unspecified atom stereocenters. The molecule has 0 bridgehead atoms. The summed E-state index contributed by atoms with van der Waals surface area (Å²) in [6.45, 7) is 0.667. The average molecular weight is 319 g/mol. The number of hydrogen-bond acceptors (Lipinski definition) is 3. The first-order chi connectivity index (χ1) is 10.0. The van der Waals surface area contributed by atoms with E-state index in [9.17, 15) is 18.0 Å². The number of amides is 1. The standard InChI is InChI=1S/C14H16F3NO2S/c1-20-4-3-18(10-2-5-21-8-10)14(19)9-6-11(15)13(17)12(16)7-9/h6-7,10H,2-5,8H2,1H3. The van der Waals surface area contributed by atoms with E-state index in [1.54, 1.807) is 16.7 Å². The smallest absolute Gasteiger partial charge is 0.254 e. The molecule has 2 rings (SSSR count). The third-order valence-corrected chi connectivity index (χ3v) is 4.52. The zero-order valence-electron chi connectivity index (χ0n) is 11.6. The Morgan fingerprint density at radius 2 is 2.05 bits per heavy atom. The van der Waals surface area contributed by atoms with Crippen molar-refractivity contribution in [2.45, 2.75) is 12.5 Å². The van der Waals surface area contributed by atoms with Gasteiger partial charge in [-0.2, -0.15) is 11.8 Å². The lowest BCUT2D eigenvalue weighted by Gasteiger charge is -2.28. The number of halogens is 3. The van der Waals surface area contributed by atoms with Crippen molar-refractivity contribution in [3.05, 3.63) is 35.1 Å². The third-order valence-electron chi connectivity index (χ3n) is 3.37. The molecule has 1 aliphatic heterocycles. The van der Waals surface area contributed by atoms with E-state index in [1.165, 1.54) is 7.11 Å². The van der Waals surface area contributed by atoms with Crippen molar-refractivity contribution < 1.29 is 22.7 Å². The largest absolute Gasteiger partial charge is 0.383 e. The van der Waals surface area contributed by atoms with E-state index < -0.39 is 23.4 Å². The monoisotopic (exact) mass is 319 g/mol. The molecule has 7 heteroatoms. The molecule has 1 aliphatic rings. The normalized spacial score (nSPS) is 18.0. The second-order valence-electron chi connectivity index (χ2n) is 4.76. The van der Waals surface area contributed by atoms with Crippen molar-refractivity contribution in [2.24, 2.45) is 0 Å². The molecular weight excluding hydrogens is 303 g/mol. The van der Waals surface area contributed by atoms with E-state index in [4.69, 9.17) is 4.74 Å². The fourth-order valence-electron chi connectivity index (χ4n) is 2.25. The molecule has 1 amide bonds. The van der Waals surface area contributed by atoms with Crippen LogP contribution in [0.25, 0.3) is 0 Å². The molecule has 0 saturated carbocycles. The number of nitrogens with zero attached hydrogens (tertiary/aromatic N) is 1. The van der Waals surface area contributed by atoms with Gasteiger partial charge in [-0.05, 0) is 24.3 Å². The van der Waals surface area contributed by atoms with Gasteiger partial charge in [0.05, 0.1) is 6.61 Å². The summed E-state index contributed by atoms with van der Waals surface area (Å²) in [5.74, 6) is -3.06. The summed E-state index contributed by atoms with van der Waals surface area (Å²) < 4.78 is 44.5. The van der Waals surface area contributed by atoms with Gasteiger partial charge in [0.1, 0.15) is 0 Å². The molecule has 0 aliphatic carbocycles. The van der Waals surface area contributed by atoms with Gasteiger partial charge in [0.25, 0.3) is 5.91 Å². The van der Waals surface area contributed by atoms with Crippen molar-refractivity contribution in [1.29, 1.82) is 0 Å². The molecule has 21 heavy (non-hydrogen) atoms. The van der Waals surface area contributed by atoms with Crippen molar-refractivity contribution in [3.8, 4) is 0 Å². The van der Waals surface area contributed by atoms with Gasteiger partial charge in [-0.25, -0.2) is 13.2 Å². The highest BCUT2D eigenvalue weighted by molar-refractivity contribution is 7.99. The summed E-state index contributed by atoms with van der Waals surface area (Å²) in [5, 5.41) is 0. The summed E-state index contributed by atoms with van der Waals surface area (Å²) in [6, 6.07) is 1.49. The molecule has 0 aromatic heterocycles. The second-order valence-corrected chi connectivity index (χ2v) is 5.91. The van der Waals surface area contributed by atoms with Crippen LogP contribution in [-0.2, 0) is 4.74 Å². The lowest BCUT2D eigenvalue weighted by molar-refractivity contribution is 0.0623. The van der Waals surface area contributed by atoms with Crippen LogP contribution < -0.4 is 0 Å². The Morgan fingerprint density at radius 1 is 1.38 bits per heavy atom. The van der Waals surface area contributed by atoms with Crippen molar-refractivity contribution in [3.63, 3.8) is 0 Å². The Labute approximate surface area is 125 Å². The molecule has 116 valence electrons. The van der Waals surface area contributed by atoms with Crippen LogP contribution in [0.1, 0.15) is 16.8 Å². The van der Waals surface area contributed by atoms with Gasteiger partial charge >= 0.3 is 0 Å². The summed E-state index contributed by atoms with van der Waals surface area (Å²) in [7, 11) is 1.52. The van der Waals surface area contributed by atoms with Crippen LogP contribution in [0, 0.1) is 17.5 Å². The zero-order chi connectivity index (χ0) is 15.4. The molecule has 0 radical (unpaired) electrons. The van der Waals surface area contributed by atoms with Crippen molar-refractivity contribution in [2.75, 3.05) is 31.8 Å². The second kappa shape index (κ2) is 7.17. The van der Waals surface area contributed by atoms with Gasteiger partial charge in [0.2, 0.25) is 0 Å². The first-order valence-corrected chi connectivity index (χ1v) is 7.72. The molecule has 1 saturated heterocycles. The van der Waals surface area contributed by atoms with Gasteiger partial charge in [-0.3, -0.25) is 4.79 Å². The van der Waals surface area contributed by atoms with E-state index in [2.05, 4.69) is 0 Å². The SMILES string of the molecule is COCCN(C(=O)c1cc(F)c(F)c(F)c1)C1CCSC1. The maximum atomic E-state index is 13.3. The van der Waals surface area contributed by atoms with Crippen LogP contribution in [0.15, 0.2) is 12.1 Å². The fraction of sp³-hybridized carbons (Fsp3) is 0.500. The minimum Gasteiger partial charge on any atom is -0.383 e. The number of ether oxygens (including phenoxy) is 1. The van der Waals surface area contributed by atoms with Crippen LogP contribution in [0.2, 0.25) is 0 Å². The van der Waals surface area contributed by atoms with E-state index in [0.717, 1.165) is 30.1 Å². The molecule has 1 fully saturated rings. The van der Waals surface area contributed by atoms with Crippen LogP contribution in [0.5, 0.6) is 0 Å². The molecule has 0 spiro atoms. The maximum Gasteiger partial charge on any atom is 0.254 e. The Morgan fingerprint density at radius 3 is 2.57 bits per heavy atom. The fourth-order valence-corrected chi connectivity index (χ4v) is 3.48. The lowest BCUT2D eigenvalue weighted by atomic mass is 10.1. The van der Waals surface area contributed by atoms with Crippen LogP contribution in [0.3, 0.4) is 0 Å². The van der Waals surface area contributed by atoms with Gasteiger partial charge in [-0.1, -0.05) is 0 Å². The summed E-state index contributed by atoms with van der Waals surface area (Å²) >= 11 is 1.72.